The summed E-state index contributed by atoms with van der Waals surface area (Å²) in [7, 11) is 4.56. The van der Waals surface area contributed by atoms with E-state index < -0.39 is 5.92 Å². The third kappa shape index (κ3) is 3.18. The van der Waals surface area contributed by atoms with Crippen molar-refractivity contribution in [2.75, 3.05) is 32.4 Å². The Labute approximate surface area is 172 Å². The number of nitrogens with zero attached hydrogens (tertiary/aromatic N) is 2. The molecule has 0 fully saturated rings. The van der Waals surface area contributed by atoms with Crippen LogP contribution in [0, 0.1) is 5.82 Å². The van der Waals surface area contributed by atoms with Crippen LogP contribution in [0.25, 0.3) is 5.69 Å². The maximum absolute atomic E-state index is 13.3. The third-order valence-electron chi connectivity index (χ3n) is 5.15. The first-order valence-corrected chi connectivity index (χ1v) is 9.20. The van der Waals surface area contributed by atoms with Crippen molar-refractivity contribution in [3.05, 3.63) is 53.3 Å². The van der Waals surface area contributed by atoms with Crippen molar-refractivity contribution in [1.82, 2.24) is 9.78 Å². The van der Waals surface area contributed by atoms with Crippen LogP contribution >= 0.6 is 0 Å². The highest BCUT2D eigenvalue weighted by Crippen LogP contribution is 2.43. The zero-order valence-electron chi connectivity index (χ0n) is 16.7. The molecule has 0 radical (unpaired) electrons. The van der Waals surface area contributed by atoms with Crippen LogP contribution in [0.4, 0.5) is 16.0 Å². The highest BCUT2D eigenvalue weighted by atomic mass is 19.1. The fraction of sp³-hybridized carbons (Fsp3) is 0.238. The molecule has 2 aromatic carbocycles. The number of aromatic nitrogens is 2. The van der Waals surface area contributed by atoms with Gasteiger partial charge in [0.2, 0.25) is 11.7 Å². The summed E-state index contributed by atoms with van der Waals surface area (Å²) in [6.07, 6.45) is 0.340. The van der Waals surface area contributed by atoms with E-state index in [0.717, 1.165) is 0 Å². The molecule has 0 saturated carbocycles. The van der Waals surface area contributed by atoms with E-state index in [-0.39, 0.29) is 11.7 Å². The van der Waals surface area contributed by atoms with E-state index in [1.165, 1.54) is 38.1 Å². The van der Waals surface area contributed by atoms with Gasteiger partial charge in [-0.2, -0.15) is 0 Å². The molecule has 1 unspecified atom stereocenters. The van der Waals surface area contributed by atoms with E-state index in [1.807, 2.05) is 0 Å². The van der Waals surface area contributed by atoms with Crippen LogP contribution in [0.2, 0.25) is 0 Å². The van der Waals surface area contributed by atoms with Gasteiger partial charge in [0.25, 0.3) is 0 Å². The van der Waals surface area contributed by atoms with Gasteiger partial charge in [0, 0.05) is 5.56 Å². The molecule has 1 aliphatic heterocycles. The van der Waals surface area contributed by atoms with Gasteiger partial charge in [-0.25, -0.2) is 9.07 Å². The number of ether oxygens (including phenoxy) is 3. The fourth-order valence-electron chi connectivity index (χ4n) is 3.62. The fourth-order valence-corrected chi connectivity index (χ4v) is 3.62. The van der Waals surface area contributed by atoms with Crippen LogP contribution in [0.1, 0.15) is 17.0 Å². The highest BCUT2D eigenvalue weighted by Gasteiger charge is 2.33. The SMILES string of the molecule is COc1cc(C2Cc3c(nn(-c4ccc(F)cc4)c3N)NC2=O)cc(OC)c1OC. The average molecular weight is 412 g/mol. The van der Waals surface area contributed by atoms with Crippen LogP contribution < -0.4 is 25.3 Å². The summed E-state index contributed by atoms with van der Waals surface area (Å²) in [5.41, 5.74) is 8.32. The number of anilines is 2. The maximum atomic E-state index is 13.3. The smallest absolute Gasteiger partial charge is 0.233 e. The van der Waals surface area contributed by atoms with Crippen LogP contribution in [0.5, 0.6) is 17.2 Å². The molecule has 0 bridgehead atoms. The van der Waals surface area contributed by atoms with Crippen LogP contribution in [0.15, 0.2) is 36.4 Å². The van der Waals surface area contributed by atoms with Gasteiger partial charge < -0.3 is 25.3 Å². The predicted molar refractivity (Wildman–Crippen MR) is 109 cm³/mol. The molecule has 156 valence electrons. The molecule has 1 aliphatic rings. The number of halogens is 1. The molecule has 0 spiro atoms. The van der Waals surface area contributed by atoms with Crippen LogP contribution in [0.3, 0.4) is 0 Å². The van der Waals surface area contributed by atoms with Crippen molar-refractivity contribution in [2.24, 2.45) is 0 Å². The lowest BCUT2D eigenvalue weighted by atomic mass is 9.88. The number of nitrogens with one attached hydrogen (secondary N) is 1. The van der Waals surface area contributed by atoms with Crippen molar-refractivity contribution in [2.45, 2.75) is 12.3 Å². The lowest BCUT2D eigenvalue weighted by Gasteiger charge is -2.23. The van der Waals surface area contributed by atoms with E-state index in [4.69, 9.17) is 19.9 Å². The van der Waals surface area contributed by atoms with Crippen molar-refractivity contribution in [1.29, 1.82) is 0 Å². The lowest BCUT2D eigenvalue weighted by Crippen LogP contribution is -2.28. The molecule has 0 saturated heterocycles. The highest BCUT2D eigenvalue weighted by molar-refractivity contribution is 5.99. The first-order chi connectivity index (χ1) is 14.5. The Morgan fingerprint density at radius 3 is 2.30 bits per heavy atom. The normalized spacial score (nSPS) is 15.3. The van der Waals surface area contributed by atoms with Crippen molar-refractivity contribution in [3.63, 3.8) is 0 Å². The van der Waals surface area contributed by atoms with Crippen molar-refractivity contribution < 1.29 is 23.4 Å². The number of carbonyl (C=O) groups is 1. The van der Waals surface area contributed by atoms with Crippen LogP contribution in [-0.4, -0.2) is 37.0 Å². The molecule has 1 atom stereocenters. The maximum Gasteiger partial charge on any atom is 0.233 e. The summed E-state index contributed by atoms with van der Waals surface area (Å²) in [6, 6.07) is 9.29. The molecule has 8 nitrogen and oxygen atoms in total. The quantitative estimate of drug-likeness (QED) is 0.668. The molecule has 30 heavy (non-hydrogen) atoms. The zero-order chi connectivity index (χ0) is 21.4. The van der Waals surface area contributed by atoms with E-state index in [0.29, 0.717) is 52.1 Å². The summed E-state index contributed by atoms with van der Waals surface area (Å²) in [5, 5.41) is 7.21. The van der Waals surface area contributed by atoms with Gasteiger partial charge in [-0.1, -0.05) is 0 Å². The summed E-state index contributed by atoms with van der Waals surface area (Å²) < 4.78 is 30.9. The molecule has 3 aromatic rings. The summed E-state index contributed by atoms with van der Waals surface area (Å²) >= 11 is 0. The number of hydrogen-bond donors (Lipinski definition) is 2. The molecular formula is C21H21FN4O4. The predicted octanol–water partition coefficient (Wildman–Crippen LogP) is 2.90. The molecule has 0 aliphatic carbocycles. The average Bonchev–Trinajstić information content (AvgIpc) is 3.07. The largest absolute Gasteiger partial charge is 0.493 e. The minimum atomic E-state index is -0.528. The molecular weight excluding hydrogens is 391 g/mol. The topological polar surface area (TPSA) is 101 Å². The molecule has 1 amide bonds. The Hall–Kier alpha value is -3.75. The molecule has 3 N–H and O–H groups in total. The number of nitrogens with two attached hydrogens (primary N) is 1. The van der Waals surface area contributed by atoms with E-state index in [1.54, 1.807) is 24.3 Å². The van der Waals surface area contributed by atoms with Gasteiger partial charge in [0.1, 0.15) is 11.6 Å². The third-order valence-corrected chi connectivity index (χ3v) is 5.15. The summed E-state index contributed by atoms with van der Waals surface area (Å²) in [4.78, 5) is 12.8. The minimum Gasteiger partial charge on any atom is -0.493 e. The Bertz CT molecular complexity index is 1090. The number of methoxy groups -OCH3 is 3. The number of amides is 1. The Balaban J connectivity index is 1.74. The second kappa shape index (κ2) is 7.58. The van der Waals surface area contributed by atoms with E-state index in [9.17, 15) is 9.18 Å². The van der Waals surface area contributed by atoms with Crippen LogP contribution in [-0.2, 0) is 11.2 Å². The van der Waals surface area contributed by atoms with Crippen molar-refractivity contribution in [3.8, 4) is 22.9 Å². The van der Waals surface area contributed by atoms with Gasteiger partial charge in [-0.05, 0) is 48.4 Å². The van der Waals surface area contributed by atoms with Gasteiger partial charge in [-0.15, -0.1) is 5.10 Å². The monoisotopic (exact) mass is 412 g/mol. The molecule has 2 heterocycles. The second-order valence-electron chi connectivity index (χ2n) is 6.81. The first kappa shape index (κ1) is 19.6. The Kier molecular flexibility index (Phi) is 4.94. The van der Waals surface area contributed by atoms with Gasteiger partial charge in [-0.3, -0.25) is 4.79 Å². The van der Waals surface area contributed by atoms with E-state index in [2.05, 4.69) is 10.4 Å². The van der Waals surface area contributed by atoms with Gasteiger partial charge in [0.15, 0.2) is 17.3 Å². The van der Waals surface area contributed by atoms with Gasteiger partial charge >= 0.3 is 0 Å². The Morgan fingerprint density at radius 1 is 1.10 bits per heavy atom. The molecule has 9 heteroatoms. The Morgan fingerprint density at radius 2 is 1.73 bits per heavy atom. The number of benzene rings is 2. The summed E-state index contributed by atoms with van der Waals surface area (Å²) in [6.45, 7) is 0. The van der Waals surface area contributed by atoms with E-state index >= 15 is 0 Å². The lowest BCUT2D eigenvalue weighted by molar-refractivity contribution is -0.117. The number of hydrogen-bond acceptors (Lipinski definition) is 6. The summed E-state index contributed by atoms with van der Waals surface area (Å²) in [5.74, 6) is 1.04. The number of fused-ring (bicyclic) bond motifs is 1. The zero-order valence-corrected chi connectivity index (χ0v) is 16.7. The number of rotatable bonds is 5. The molecule has 4 rings (SSSR count). The standard InChI is InChI=1S/C21H21FN4O4/c1-28-16-8-11(9-17(29-2)18(16)30-3)14-10-15-19(23)26(25-20(15)24-21(14)27)13-6-4-12(22)5-7-13/h4-9,14H,10,23H2,1-3H3,(H,24,25,27). The first-order valence-electron chi connectivity index (χ1n) is 9.20. The molecule has 1 aromatic heterocycles. The number of nitrogen functional groups attached to an aromatic ring is 1. The number of carbonyl (C=O) groups excluding carboxylic acids is 1. The van der Waals surface area contributed by atoms with Gasteiger partial charge in [0.05, 0.1) is 32.9 Å². The second-order valence-corrected chi connectivity index (χ2v) is 6.81. The van der Waals surface area contributed by atoms with Crippen molar-refractivity contribution >= 4 is 17.5 Å². The minimum absolute atomic E-state index is 0.222.